The van der Waals surface area contributed by atoms with Crippen molar-refractivity contribution in [3.05, 3.63) is 242 Å². The van der Waals surface area contributed by atoms with E-state index < -0.39 is 0 Å². The summed E-state index contributed by atoms with van der Waals surface area (Å²) in [5, 5.41) is 4.88. The van der Waals surface area contributed by atoms with Crippen molar-refractivity contribution in [2.75, 3.05) is 9.80 Å². The molecule has 1 aliphatic carbocycles. The molecule has 0 heterocycles. The second-order valence-corrected chi connectivity index (χ2v) is 14.9. The molecule has 9 aromatic carbocycles. The van der Waals surface area contributed by atoms with Gasteiger partial charge in [0.05, 0.1) is 11.4 Å². The van der Waals surface area contributed by atoms with E-state index in [2.05, 4.69) is 246 Å². The molecule has 0 spiro atoms. The van der Waals surface area contributed by atoms with Gasteiger partial charge in [-0.25, -0.2) is 0 Å². The predicted octanol–water partition coefficient (Wildman–Crippen LogP) is 15.9. The molecule has 1 aliphatic rings. The van der Waals surface area contributed by atoms with Crippen LogP contribution in [-0.4, -0.2) is 0 Å². The van der Waals surface area contributed by atoms with E-state index in [0.717, 1.165) is 40.5 Å². The summed E-state index contributed by atoms with van der Waals surface area (Å²) in [4.78, 5) is 4.76. The van der Waals surface area contributed by atoms with Gasteiger partial charge in [0.15, 0.2) is 0 Å². The maximum Gasteiger partial charge on any atom is 0.0540 e. The molecule has 58 heavy (non-hydrogen) atoms. The smallest absolute Gasteiger partial charge is 0.0540 e. The average molecular weight is 743 g/mol. The first-order valence-electron chi connectivity index (χ1n) is 20.1. The van der Waals surface area contributed by atoms with Gasteiger partial charge in [-0.2, -0.15) is 0 Å². The SMILES string of the molecule is C1=CCC(c2ccc(N(c3ccc(-c4ccc(N(c5ccc(-c6ccccc6)cc5)c5cccc6ccccc56)cc4)cc3)c3cccc4ccccc34)cc2)C=C1. The van der Waals surface area contributed by atoms with Crippen LogP contribution in [0.25, 0.3) is 43.8 Å². The van der Waals surface area contributed by atoms with Crippen LogP contribution in [0.4, 0.5) is 34.1 Å². The highest BCUT2D eigenvalue weighted by Crippen LogP contribution is 2.42. The summed E-state index contributed by atoms with van der Waals surface area (Å²) in [6, 6.07) is 77.0. The zero-order valence-corrected chi connectivity index (χ0v) is 32.2. The lowest BCUT2D eigenvalue weighted by molar-refractivity contribution is 0.854. The highest BCUT2D eigenvalue weighted by atomic mass is 15.1. The Morgan fingerprint density at radius 2 is 0.724 bits per heavy atom. The van der Waals surface area contributed by atoms with Crippen molar-refractivity contribution >= 4 is 55.7 Å². The molecule has 1 unspecified atom stereocenters. The number of hydrogen-bond acceptors (Lipinski definition) is 2. The maximum atomic E-state index is 2.39. The van der Waals surface area contributed by atoms with Crippen LogP contribution in [-0.2, 0) is 0 Å². The summed E-state index contributed by atoms with van der Waals surface area (Å²) in [5.74, 6) is 0.412. The molecule has 0 fully saturated rings. The molecule has 0 radical (unpaired) electrons. The first-order valence-corrected chi connectivity index (χ1v) is 20.1. The topological polar surface area (TPSA) is 6.48 Å². The number of anilines is 6. The molecule has 0 aliphatic heterocycles. The predicted molar refractivity (Wildman–Crippen MR) is 247 cm³/mol. The minimum atomic E-state index is 0.412. The van der Waals surface area contributed by atoms with Crippen molar-refractivity contribution in [3.63, 3.8) is 0 Å². The zero-order chi connectivity index (χ0) is 38.7. The van der Waals surface area contributed by atoms with Crippen molar-refractivity contribution in [1.29, 1.82) is 0 Å². The molecule has 1 atom stereocenters. The van der Waals surface area contributed by atoms with Crippen molar-refractivity contribution in [2.24, 2.45) is 0 Å². The number of nitrogens with zero attached hydrogens (tertiary/aromatic N) is 2. The average Bonchev–Trinajstić information content (AvgIpc) is 3.31. The van der Waals surface area contributed by atoms with Gasteiger partial charge in [0.25, 0.3) is 0 Å². The second-order valence-electron chi connectivity index (χ2n) is 14.9. The monoisotopic (exact) mass is 742 g/mol. The molecular weight excluding hydrogens is 701 g/mol. The Labute approximate surface area is 340 Å². The van der Waals surface area contributed by atoms with E-state index in [4.69, 9.17) is 0 Å². The van der Waals surface area contributed by atoms with Crippen LogP contribution in [0.2, 0.25) is 0 Å². The molecule has 0 N–H and O–H groups in total. The molecule has 2 nitrogen and oxygen atoms in total. The molecule has 0 saturated heterocycles. The van der Waals surface area contributed by atoms with E-state index in [-0.39, 0.29) is 0 Å². The van der Waals surface area contributed by atoms with E-state index >= 15 is 0 Å². The number of rotatable bonds is 9. The zero-order valence-electron chi connectivity index (χ0n) is 32.2. The third-order valence-corrected chi connectivity index (χ3v) is 11.4. The van der Waals surface area contributed by atoms with Gasteiger partial charge in [-0.3, -0.25) is 0 Å². The minimum absolute atomic E-state index is 0.412. The van der Waals surface area contributed by atoms with Gasteiger partial charge >= 0.3 is 0 Å². The molecule has 0 bridgehead atoms. The fourth-order valence-corrected chi connectivity index (χ4v) is 8.40. The Morgan fingerprint density at radius 3 is 1.17 bits per heavy atom. The second kappa shape index (κ2) is 15.6. The molecule has 276 valence electrons. The van der Waals surface area contributed by atoms with Crippen LogP contribution >= 0.6 is 0 Å². The van der Waals surface area contributed by atoms with Gasteiger partial charge in [0.2, 0.25) is 0 Å². The normalized spacial score (nSPS) is 13.5. The Hall–Kier alpha value is -7.42. The maximum absolute atomic E-state index is 2.39. The summed E-state index contributed by atoms with van der Waals surface area (Å²) in [6.45, 7) is 0. The van der Waals surface area contributed by atoms with Crippen molar-refractivity contribution < 1.29 is 0 Å². The lowest BCUT2D eigenvalue weighted by Crippen LogP contribution is -2.11. The number of hydrogen-bond donors (Lipinski definition) is 0. The molecule has 0 amide bonds. The van der Waals surface area contributed by atoms with Crippen molar-refractivity contribution in [2.45, 2.75) is 12.3 Å². The molecule has 10 rings (SSSR count). The summed E-state index contributed by atoms with van der Waals surface area (Å²) >= 11 is 0. The van der Waals surface area contributed by atoms with Crippen LogP contribution in [0.15, 0.2) is 237 Å². The van der Waals surface area contributed by atoms with Gasteiger partial charge in [-0.1, -0.05) is 176 Å². The van der Waals surface area contributed by atoms with Gasteiger partial charge < -0.3 is 9.80 Å². The van der Waals surface area contributed by atoms with Crippen LogP contribution in [0, 0.1) is 0 Å². The van der Waals surface area contributed by atoms with E-state index in [9.17, 15) is 0 Å². The minimum Gasteiger partial charge on any atom is -0.310 e. The number of benzene rings is 9. The van der Waals surface area contributed by atoms with E-state index in [1.54, 1.807) is 0 Å². The highest BCUT2D eigenvalue weighted by molar-refractivity contribution is 6.00. The molecule has 2 heteroatoms. The quantitative estimate of drug-likeness (QED) is 0.145. The summed E-state index contributed by atoms with van der Waals surface area (Å²) < 4.78 is 0. The van der Waals surface area contributed by atoms with Gasteiger partial charge in [-0.15, -0.1) is 0 Å². The van der Waals surface area contributed by atoms with Crippen molar-refractivity contribution in [1.82, 2.24) is 0 Å². The Bertz CT molecular complexity index is 2880. The van der Waals surface area contributed by atoms with Crippen LogP contribution in [0.1, 0.15) is 17.9 Å². The van der Waals surface area contributed by atoms with Gasteiger partial charge in [0, 0.05) is 39.4 Å². The van der Waals surface area contributed by atoms with Crippen molar-refractivity contribution in [3.8, 4) is 22.3 Å². The first-order chi connectivity index (χ1) is 28.8. The Kier molecular flexibility index (Phi) is 9.43. The van der Waals surface area contributed by atoms with Crippen LogP contribution in [0.3, 0.4) is 0 Å². The summed E-state index contributed by atoms with van der Waals surface area (Å²) in [5.41, 5.74) is 12.9. The van der Waals surface area contributed by atoms with E-state index in [0.29, 0.717) is 5.92 Å². The third kappa shape index (κ3) is 6.86. The van der Waals surface area contributed by atoms with Gasteiger partial charge in [0.1, 0.15) is 0 Å². The number of allylic oxidation sites excluding steroid dienone is 4. The molecule has 0 aromatic heterocycles. The number of fused-ring (bicyclic) bond motifs is 2. The van der Waals surface area contributed by atoms with Gasteiger partial charge in [-0.05, 0) is 106 Å². The van der Waals surface area contributed by atoms with E-state index in [1.807, 2.05) is 0 Å². The van der Waals surface area contributed by atoms with Crippen LogP contribution in [0.5, 0.6) is 0 Å². The van der Waals surface area contributed by atoms with E-state index in [1.165, 1.54) is 49.4 Å². The largest absolute Gasteiger partial charge is 0.310 e. The Balaban J connectivity index is 0.996. The molecule has 9 aromatic rings. The lowest BCUT2D eigenvalue weighted by atomic mass is 9.92. The standard InChI is InChI=1S/C56H42N2/c1-3-13-41(14-4-1)43-25-33-49(34-26-43)57(55-23-11-19-47-17-7-9-21-53(47)55)51-37-29-45(30-38-51)46-31-39-52(40-32-46)58(56-24-12-20-48-18-8-10-22-54(48)56)50-35-27-44(28-36-50)42-15-5-2-6-16-42/h1-15,17-40,42H,16H2. The Morgan fingerprint density at radius 1 is 0.328 bits per heavy atom. The molecular formula is C56H42N2. The highest BCUT2D eigenvalue weighted by Gasteiger charge is 2.18. The van der Waals surface area contributed by atoms with Crippen LogP contribution < -0.4 is 9.80 Å². The summed E-state index contributed by atoms with van der Waals surface area (Å²) in [7, 11) is 0. The molecule has 0 saturated carbocycles. The third-order valence-electron chi connectivity index (χ3n) is 11.4. The fourth-order valence-electron chi connectivity index (χ4n) is 8.40. The summed E-state index contributed by atoms with van der Waals surface area (Å²) in [6.07, 6.45) is 9.88. The fraction of sp³-hybridized carbons (Fsp3) is 0.0357. The first kappa shape index (κ1) is 35.0. The lowest BCUT2D eigenvalue weighted by Gasteiger charge is -2.28.